The molecule has 0 spiro atoms. The molecule has 0 radical (unpaired) electrons. The van der Waals surface area contributed by atoms with Crippen LogP contribution in [0.5, 0.6) is 0 Å². The molecule has 1 aromatic rings. The van der Waals surface area contributed by atoms with Gasteiger partial charge in [-0.05, 0) is 45.2 Å². The lowest BCUT2D eigenvalue weighted by atomic mass is 10.1. The fraction of sp³-hybridized carbons (Fsp3) is 0.500. The Morgan fingerprint density at radius 1 is 1.04 bits per heavy atom. The van der Waals surface area contributed by atoms with Gasteiger partial charge >= 0.3 is 12.0 Å². The molecule has 0 bridgehead atoms. The van der Waals surface area contributed by atoms with E-state index in [1.165, 1.54) is 6.92 Å². The quantitative estimate of drug-likeness (QED) is 0.799. The van der Waals surface area contributed by atoms with Gasteiger partial charge in [0.1, 0.15) is 6.04 Å². The minimum atomic E-state index is -0.861. The van der Waals surface area contributed by atoms with Crippen molar-refractivity contribution < 1.29 is 19.1 Å². The van der Waals surface area contributed by atoms with Gasteiger partial charge in [0.15, 0.2) is 6.10 Å². The van der Waals surface area contributed by atoms with E-state index in [9.17, 15) is 14.4 Å². The average molecular weight is 347 g/mol. The van der Waals surface area contributed by atoms with Crippen LogP contribution in [0.25, 0.3) is 0 Å². The zero-order valence-corrected chi connectivity index (χ0v) is 14.7. The van der Waals surface area contributed by atoms with Crippen LogP contribution >= 0.6 is 0 Å². The Kier molecular flexibility index (Phi) is 6.80. The number of hydrogen-bond donors (Lipinski definition) is 2. The molecule has 7 heteroatoms. The van der Waals surface area contributed by atoms with Crippen molar-refractivity contribution >= 4 is 23.6 Å². The van der Waals surface area contributed by atoms with E-state index in [1.54, 1.807) is 36.1 Å². The predicted octanol–water partition coefficient (Wildman–Crippen LogP) is 2.14. The number of piperidine rings is 1. The molecule has 1 aliphatic heterocycles. The Morgan fingerprint density at radius 2 is 1.68 bits per heavy atom. The molecule has 25 heavy (non-hydrogen) atoms. The van der Waals surface area contributed by atoms with Crippen LogP contribution in [0, 0.1) is 0 Å². The van der Waals surface area contributed by atoms with Gasteiger partial charge in [-0.1, -0.05) is 18.2 Å². The fourth-order valence-corrected chi connectivity index (χ4v) is 2.64. The monoisotopic (exact) mass is 347 g/mol. The predicted molar refractivity (Wildman–Crippen MR) is 94.0 cm³/mol. The van der Waals surface area contributed by atoms with Crippen molar-refractivity contribution in [2.45, 2.75) is 45.3 Å². The van der Waals surface area contributed by atoms with Crippen molar-refractivity contribution in [2.75, 3.05) is 18.4 Å². The number of carbonyl (C=O) groups is 3. The molecule has 1 aliphatic rings. The molecule has 3 amide bonds. The molecule has 0 aromatic heterocycles. The number of para-hydroxylation sites is 1. The second-order valence-corrected chi connectivity index (χ2v) is 6.15. The van der Waals surface area contributed by atoms with Crippen LogP contribution in [0.1, 0.15) is 33.1 Å². The zero-order chi connectivity index (χ0) is 18.2. The molecule has 1 saturated heterocycles. The number of urea groups is 1. The maximum absolute atomic E-state index is 12.3. The van der Waals surface area contributed by atoms with E-state index in [0.717, 1.165) is 19.3 Å². The third kappa shape index (κ3) is 5.77. The smallest absolute Gasteiger partial charge is 0.329 e. The number of nitrogens with one attached hydrogen (secondary N) is 2. The molecule has 1 heterocycles. The second-order valence-electron chi connectivity index (χ2n) is 6.15. The Bertz CT molecular complexity index is 600. The van der Waals surface area contributed by atoms with Crippen LogP contribution in [0.2, 0.25) is 0 Å². The molecule has 2 atom stereocenters. The van der Waals surface area contributed by atoms with E-state index in [4.69, 9.17) is 4.74 Å². The first-order valence-corrected chi connectivity index (χ1v) is 8.59. The number of hydrogen-bond acceptors (Lipinski definition) is 4. The standard InChI is InChI=1S/C18H25N3O4/c1-13(19-18(24)20-15-9-5-3-6-10-15)17(23)25-14(2)16(22)21-11-7-4-8-12-21/h3,5-6,9-10,13-14H,4,7-8,11-12H2,1-2H3,(H2,19,20,24)/t13-,14-/m1/s1. The SMILES string of the molecule is C[C@@H](NC(=O)Nc1ccccc1)C(=O)O[C@H](C)C(=O)N1CCCCC1. The van der Waals surface area contributed by atoms with Gasteiger partial charge in [-0.2, -0.15) is 0 Å². The Balaban J connectivity index is 1.78. The van der Waals surface area contributed by atoms with Gasteiger partial charge in [0.25, 0.3) is 5.91 Å². The highest BCUT2D eigenvalue weighted by Crippen LogP contribution is 2.11. The van der Waals surface area contributed by atoms with Crippen LogP contribution in [-0.2, 0) is 14.3 Å². The van der Waals surface area contributed by atoms with E-state index >= 15 is 0 Å². The Labute approximate surface area is 147 Å². The summed E-state index contributed by atoms with van der Waals surface area (Å²) in [5, 5.41) is 5.12. The summed E-state index contributed by atoms with van der Waals surface area (Å²) < 4.78 is 5.21. The average Bonchev–Trinajstić information content (AvgIpc) is 2.62. The Hall–Kier alpha value is -2.57. The highest BCUT2D eigenvalue weighted by atomic mass is 16.5. The number of benzene rings is 1. The van der Waals surface area contributed by atoms with Gasteiger partial charge in [-0.15, -0.1) is 0 Å². The van der Waals surface area contributed by atoms with E-state index < -0.39 is 24.1 Å². The fourth-order valence-electron chi connectivity index (χ4n) is 2.64. The van der Waals surface area contributed by atoms with E-state index in [2.05, 4.69) is 10.6 Å². The van der Waals surface area contributed by atoms with Crippen LogP contribution < -0.4 is 10.6 Å². The maximum atomic E-state index is 12.3. The third-order valence-corrected chi connectivity index (χ3v) is 4.04. The third-order valence-electron chi connectivity index (χ3n) is 4.04. The minimum absolute atomic E-state index is 0.186. The number of carbonyl (C=O) groups excluding carboxylic acids is 3. The van der Waals surface area contributed by atoms with Gasteiger partial charge in [0.05, 0.1) is 0 Å². The summed E-state index contributed by atoms with van der Waals surface area (Å²) in [6.45, 7) is 4.48. The summed E-state index contributed by atoms with van der Waals surface area (Å²) >= 11 is 0. The molecule has 1 aromatic carbocycles. The van der Waals surface area contributed by atoms with E-state index in [-0.39, 0.29) is 5.91 Å². The molecule has 0 unspecified atom stereocenters. The molecule has 2 N–H and O–H groups in total. The van der Waals surface area contributed by atoms with Crippen LogP contribution in [0.4, 0.5) is 10.5 Å². The van der Waals surface area contributed by atoms with Crippen molar-refractivity contribution in [1.82, 2.24) is 10.2 Å². The van der Waals surface area contributed by atoms with E-state index in [0.29, 0.717) is 18.8 Å². The summed E-state index contributed by atoms with van der Waals surface area (Å²) in [4.78, 5) is 38.0. The number of nitrogens with zero attached hydrogens (tertiary/aromatic N) is 1. The molecular weight excluding hydrogens is 322 g/mol. The maximum Gasteiger partial charge on any atom is 0.329 e. The van der Waals surface area contributed by atoms with Crippen LogP contribution in [0.15, 0.2) is 30.3 Å². The summed E-state index contributed by atoms with van der Waals surface area (Å²) in [7, 11) is 0. The largest absolute Gasteiger partial charge is 0.451 e. The van der Waals surface area contributed by atoms with Crippen molar-refractivity contribution in [2.24, 2.45) is 0 Å². The normalized spacial score (nSPS) is 16.5. The first kappa shape index (κ1) is 18.8. The molecular formula is C18H25N3O4. The van der Waals surface area contributed by atoms with Crippen LogP contribution in [0.3, 0.4) is 0 Å². The lowest BCUT2D eigenvalue weighted by Gasteiger charge is -2.29. The first-order valence-electron chi connectivity index (χ1n) is 8.59. The summed E-state index contributed by atoms with van der Waals surface area (Å²) in [6.07, 6.45) is 2.22. The lowest BCUT2D eigenvalue weighted by molar-refractivity contribution is -0.160. The van der Waals surface area contributed by atoms with Gasteiger partial charge < -0.3 is 20.3 Å². The van der Waals surface area contributed by atoms with Crippen molar-refractivity contribution in [3.8, 4) is 0 Å². The number of anilines is 1. The van der Waals surface area contributed by atoms with Gasteiger partial charge in [-0.3, -0.25) is 4.79 Å². The molecule has 2 rings (SSSR count). The number of amides is 3. The molecule has 0 aliphatic carbocycles. The first-order chi connectivity index (χ1) is 12.0. The molecule has 136 valence electrons. The van der Waals surface area contributed by atoms with Gasteiger partial charge in [-0.25, -0.2) is 9.59 Å². The second kappa shape index (κ2) is 9.05. The van der Waals surface area contributed by atoms with Gasteiger partial charge in [0.2, 0.25) is 0 Å². The topological polar surface area (TPSA) is 87.7 Å². The summed E-state index contributed by atoms with van der Waals surface area (Å²) in [6, 6.07) is 7.53. The molecule has 1 fully saturated rings. The summed E-state index contributed by atoms with van der Waals surface area (Å²) in [5.74, 6) is -0.824. The number of rotatable bonds is 5. The van der Waals surface area contributed by atoms with Gasteiger partial charge in [0, 0.05) is 18.8 Å². The molecule has 0 saturated carbocycles. The van der Waals surface area contributed by atoms with Crippen LogP contribution in [-0.4, -0.2) is 48.0 Å². The Morgan fingerprint density at radius 3 is 2.32 bits per heavy atom. The highest BCUT2D eigenvalue weighted by Gasteiger charge is 2.27. The minimum Gasteiger partial charge on any atom is -0.451 e. The van der Waals surface area contributed by atoms with E-state index in [1.807, 2.05) is 6.07 Å². The highest BCUT2D eigenvalue weighted by molar-refractivity contribution is 5.93. The zero-order valence-electron chi connectivity index (χ0n) is 14.7. The number of esters is 1. The molecule has 7 nitrogen and oxygen atoms in total. The van der Waals surface area contributed by atoms with Crippen molar-refractivity contribution in [3.05, 3.63) is 30.3 Å². The van der Waals surface area contributed by atoms with Crippen molar-refractivity contribution in [3.63, 3.8) is 0 Å². The number of likely N-dealkylation sites (tertiary alicyclic amines) is 1. The van der Waals surface area contributed by atoms with Crippen molar-refractivity contribution in [1.29, 1.82) is 0 Å². The number of ether oxygens (including phenoxy) is 1. The summed E-state index contributed by atoms with van der Waals surface area (Å²) in [5.41, 5.74) is 0.620. The lowest BCUT2D eigenvalue weighted by Crippen LogP contribution is -2.46.